The minimum atomic E-state index is 0.830. The fourth-order valence-electron chi connectivity index (χ4n) is 2.60. The number of rotatable bonds is 9. The molecule has 0 aromatic rings. The third-order valence-corrected chi connectivity index (χ3v) is 6.33. The molecule has 1 aliphatic heterocycles. The topological polar surface area (TPSA) is 0 Å². The summed E-state index contributed by atoms with van der Waals surface area (Å²) in [4.78, 5) is 0. The van der Waals surface area contributed by atoms with Gasteiger partial charge in [0.05, 0.1) is 0 Å². The Morgan fingerprint density at radius 2 is 1.61 bits per heavy atom. The summed E-state index contributed by atoms with van der Waals surface area (Å²) in [6, 6.07) is 0. The molecule has 1 rings (SSSR count). The Kier molecular flexibility index (Phi) is 9.58. The van der Waals surface area contributed by atoms with Gasteiger partial charge in [0.1, 0.15) is 0 Å². The maximum atomic E-state index is 3.66. The van der Waals surface area contributed by atoms with E-state index >= 15 is 0 Å². The van der Waals surface area contributed by atoms with Crippen LogP contribution in [0.4, 0.5) is 0 Å². The Labute approximate surface area is 127 Å². The molecular weight excluding hydrogens is 304 g/mol. The van der Waals surface area contributed by atoms with Crippen LogP contribution in [0.15, 0.2) is 11.1 Å². The summed E-state index contributed by atoms with van der Waals surface area (Å²) in [5.41, 5.74) is 3.63. The summed E-state index contributed by atoms with van der Waals surface area (Å²) in [5.74, 6) is 1.31. The monoisotopic (exact) mass is 332 g/mol. The van der Waals surface area contributed by atoms with Crippen LogP contribution in [0.1, 0.15) is 71.6 Å². The van der Waals surface area contributed by atoms with Crippen molar-refractivity contribution in [3.8, 4) is 0 Å². The van der Waals surface area contributed by atoms with Crippen molar-refractivity contribution in [1.29, 1.82) is 0 Å². The van der Waals surface area contributed by atoms with Crippen LogP contribution >= 0.6 is 27.7 Å². The maximum Gasteiger partial charge on any atom is 0.0184 e. The Balaban J connectivity index is 2.50. The predicted octanol–water partition coefficient (Wildman–Crippen LogP) is 6.34. The van der Waals surface area contributed by atoms with Crippen LogP contribution in [0.3, 0.4) is 0 Å². The molecule has 0 aromatic heterocycles. The minimum absolute atomic E-state index is 0.830. The zero-order valence-electron chi connectivity index (χ0n) is 12.1. The Bertz CT molecular complexity index is 247. The Hall–Kier alpha value is 0.570. The predicted molar refractivity (Wildman–Crippen MR) is 90.0 cm³/mol. The summed E-state index contributed by atoms with van der Waals surface area (Å²) in [6.07, 6.45) is 12.4. The lowest BCUT2D eigenvalue weighted by Gasteiger charge is -2.26. The van der Waals surface area contributed by atoms with Crippen molar-refractivity contribution in [3.05, 3.63) is 11.1 Å². The van der Waals surface area contributed by atoms with Gasteiger partial charge in [-0.1, -0.05) is 66.6 Å². The van der Waals surface area contributed by atoms with Gasteiger partial charge in [-0.15, -0.1) is 0 Å². The average molecular weight is 333 g/mol. The average Bonchev–Trinajstić information content (AvgIpc) is 2.40. The SMILES string of the molecule is CCCCCC1=C(CCCCC)CC(CBr)SC1. The number of halogens is 1. The van der Waals surface area contributed by atoms with Crippen molar-refractivity contribution in [2.75, 3.05) is 11.1 Å². The molecule has 18 heavy (non-hydrogen) atoms. The van der Waals surface area contributed by atoms with Crippen LogP contribution in [-0.2, 0) is 0 Å². The third kappa shape index (κ3) is 6.14. The molecule has 0 aromatic carbocycles. The first-order valence-electron chi connectivity index (χ1n) is 7.69. The third-order valence-electron chi connectivity index (χ3n) is 3.80. The maximum absolute atomic E-state index is 3.66. The first kappa shape index (κ1) is 16.6. The van der Waals surface area contributed by atoms with E-state index in [2.05, 4.69) is 41.5 Å². The van der Waals surface area contributed by atoms with Crippen molar-refractivity contribution in [3.63, 3.8) is 0 Å². The van der Waals surface area contributed by atoms with Gasteiger partial charge in [-0.3, -0.25) is 0 Å². The fraction of sp³-hybridized carbons (Fsp3) is 0.875. The molecule has 1 heterocycles. The van der Waals surface area contributed by atoms with Gasteiger partial charge >= 0.3 is 0 Å². The van der Waals surface area contributed by atoms with Gasteiger partial charge in [-0.25, -0.2) is 0 Å². The second-order valence-electron chi connectivity index (χ2n) is 5.41. The molecule has 106 valence electrons. The quantitative estimate of drug-likeness (QED) is 0.269. The van der Waals surface area contributed by atoms with Gasteiger partial charge < -0.3 is 0 Å². The van der Waals surface area contributed by atoms with Crippen molar-refractivity contribution in [2.24, 2.45) is 0 Å². The van der Waals surface area contributed by atoms with Crippen molar-refractivity contribution >= 4 is 27.7 Å². The van der Waals surface area contributed by atoms with Crippen LogP contribution in [0.2, 0.25) is 0 Å². The lowest BCUT2D eigenvalue weighted by atomic mass is 9.94. The van der Waals surface area contributed by atoms with Gasteiger partial charge in [0, 0.05) is 16.3 Å². The second kappa shape index (κ2) is 10.4. The smallest absolute Gasteiger partial charge is 0.0184 e. The highest BCUT2D eigenvalue weighted by Gasteiger charge is 2.19. The van der Waals surface area contributed by atoms with Gasteiger partial charge in [-0.2, -0.15) is 11.8 Å². The van der Waals surface area contributed by atoms with E-state index in [4.69, 9.17) is 0 Å². The number of alkyl halides is 1. The number of allylic oxidation sites excluding steroid dienone is 1. The number of hydrogen-bond donors (Lipinski definition) is 0. The van der Waals surface area contributed by atoms with Crippen molar-refractivity contribution < 1.29 is 0 Å². The number of hydrogen-bond acceptors (Lipinski definition) is 1. The van der Waals surface area contributed by atoms with E-state index in [0.29, 0.717) is 0 Å². The zero-order valence-corrected chi connectivity index (χ0v) is 14.5. The normalized spacial score (nSPS) is 20.5. The van der Waals surface area contributed by atoms with E-state index in [1.807, 2.05) is 11.1 Å². The van der Waals surface area contributed by atoms with Crippen LogP contribution in [0.5, 0.6) is 0 Å². The molecule has 0 bridgehead atoms. The van der Waals surface area contributed by atoms with Crippen LogP contribution in [0, 0.1) is 0 Å². The van der Waals surface area contributed by atoms with Crippen molar-refractivity contribution in [1.82, 2.24) is 0 Å². The lowest BCUT2D eigenvalue weighted by Crippen LogP contribution is -2.15. The van der Waals surface area contributed by atoms with Gasteiger partial charge in [0.2, 0.25) is 0 Å². The molecule has 0 aliphatic carbocycles. The molecule has 1 aliphatic rings. The highest BCUT2D eigenvalue weighted by atomic mass is 79.9. The van der Waals surface area contributed by atoms with E-state index in [1.165, 1.54) is 63.5 Å². The van der Waals surface area contributed by atoms with Gasteiger partial charge in [-0.05, 0) is 32.1 Å². The van der Waals surface area contributed by atoms with E-state index in [1.54, 1.807) is 0 Å². The molecule has 0 N–H and O–H groups in total. The molecule has 0 saturated carbocycles. The lowest BCUT2D eigenvalue weighted by molar-refractivity contribution is 0.665. The Morgan fingerprint density at radius 3 is 2.17 bits per heavy atom. The fourth-order valence-corrected chi connectivity index (χ4v) is 4.59. The summed E-state index contributed by atoms with van der Waals surface area (Å²) in [6.45, 7) is 4.60. The molecular formula is C16H29BrS. The molecule has 2 heteroatoms. The molecule has 0 fully saturated rings. The molecule has 0 saturated heterocycles. The molecule has 0 radical (unpaired) electrons. The summed E-state index contributed by atoms with van der Waals surface area (Å²) >= 11 is 5.83. The molecule has 1 atom stereocenters. The summed E-state index contributed by atoms with van der Waals surface area (Å²) in [7, 11) is 0. The number of thioether (sulfide) groups is 1. The van der Waals surface area contributed by atoms with Gasteiger partial charge in [0.15, 0.2) is 0 Å². The summed E-state index contributed by atoms with van der Waals surface area (Å²) in [5, 5.41) is 1.99. The first-order valence-corrected chi connectivity index (χ1v) is 9.86. The highest BCUT2D eigenvalue weighted by molar-refractivity contribution is 9.09. The molecule has 0 amide bonds. The molecule has 0 nitrogen and oxygen atoms in total. The number of unbranched alkanes of at least 4 members (excludes halogenated alkanes) is 4. The van der Waals surface area contributed by atoms with E-state index in [-0.39, 0.29) is 0 Å². The second-order valence-corrected chi connectivity index (χ2v) is 7.35. The standard InChI is InChI=1S/C16H29BrS/c1-3-5-7-9-14-11-16(12-17)18-13-15(14)10-8-6-4-2/h16H,3-13H2,1-2H3. The highest BCUT2D eigenvalue weighted by Crippen LogP contribution is 2.35. The Morgan fingerprint density at radius 1 is 1.00 bits per heavy atom. The zero-order chi connectivity index (χ0) is 13.2. The minimum Gasteiger partial charge on any atom is -0.153 e. The van der Waals surface area contributed by atoms with E-state index in [9.17, 15) is 0 Å². The first-order chi connectivity index (χ1) is 8.81. The van der Waals surface area contributed by atoms with E-state index in [0.717, 1.165) is 10.6 Å². The largest absolute Gasteiger partial charge is 0.153 e. The summed E-state index contributed by atoms with van der Waals surface area (Å²) < 4.78 is 0. The van der Waals surface area contributed by atoms with Gasteiger partial charge in [0.25, 0.3) is 0 Å². The van der Waals surface area contributed by atoms with Crippen LogP contribution < -0.4 is 0 Å². The van der Waals surface area contributed by atoms with Crippen LogP contribution in [-0.4, -0.2) is 16.3 Å². The molecule has 0 spiro atoms. The van der Waals surface area contributed by atoms with Crippen molar-refractivity contribution in [2.45, 2.75) is 76.9 Å². The van der Waals surface area contributed by atoms with Crippen LogP contribution in [0.25, 0.3) is 0 Å². The van der Waals surface area contributed by atoms with E-state index < -0.39 is 0 Å². The molecule has 1 unspecified atom stereocenters.